The van der Waals surface area contributed by atoms with E-state index in [1.165, 1.54) is 7.11 Å². The van der Waals surface area contributed by atoms with Gasteiger partial charge in [0.2, 0.25) is 5.12 Å². The summed E-state index contributed by atoms with van der Waals surface area (Å²) in [6, 6.07) is 7.02. The summed E-state index contributed by atoms with van der Waals surface area (Å²) < 4.78 is 4.53. The number of aryl methyl sites for hydroxylation is 1. The molecule has 0 aliphatic heterocycles. The molecule has 15 heavy (non-hydrogen) atoms. The Hall–Kier alpha value is -1.29. The van der Waals surface area contributed by atoms with Crippen LogP contribution >= 0.6 is 12.6 Å². The second-order valence-corrected chi connectivity index (χ2v) is 3.48. The highest BCUT2D eigenvalue weighted by atomic mass is 32.1. The second kappa shape index (κ2) is 5.56. The predicted octanol–water partition coefficient (Wildman–Crippen LogP) is 1.86. The van der Waals surface area contributed by atoms with E-state index in [2.05, 4.69) is 17.4 Å². The first-order chi connectivity index (χ1) is 7.13. The molecule has 0 N–H and O–H groups in total. The summed E-state index contributed by atoms with van der Waals surface area (Å²) in [5.41, 5.74) is 1.55. The van der Waals surface area contributed by atoms with Gasteiger partial charge in [0.25, 0.3) is 0 Å². The van der Waals surface area contributed by atoms with E-state index < -0.39 is 0 Å². The largest absolute Gasteiger partial charge is 0.469 e. The third-order valence-electron chi connectivity index (χ3n) is 2.05. The molecule has 1 aromatic rings. The molecule has 80 valence electrons. The number of methoxy groups -OCH3 is 1. The Balaban J connectivity index is 2.57. The number of esters is 1. The third kappa shape index (κ3) is 3.75. The lowest BCUT2D eigenvalue weighted by molar-refractivity contribution is -0.140. The van der Waals surface area contributed by atoms with Gasteiger partial charge in [-0.05, 0) is 12.0 Å². The molecule has 0 aromatic heterocycles. The van der Waals surface area contributed by atoms with Crippen molar-refractivity contribution >= 4 is 23.7 Å². The molecule has 0 fully saturated rings. The fourth-order valence-electron chi connectivity index (χ4n) is 1.16. The first kappa shape index (κ1) is 11.8. The van der Waals surface area contributed by atoms with E-state index in [9.17, 15) is 9.59 Å². The zero-order valence-corrected chi connectivity index (χ0v) is 9.29. The highest BCUT2D eigenvalue weighted by Gasteiger charge is 2.03. The molecule has 3 nitrogen and oxygen atoms in total. The quantitative estimate of drug-likeness (QED) is 0.627. The van der Waals surface area contributed by atoms with E-state index in [-0.39, 0.29) is 11.1 Å². The highest BCUT2D eigenvalue weighted by Crippen LogP contribution is 2.08. The number of ether oxygens (including phenoxy) is 1. The van der Waals surface area contributed by atoms with Gasteiger partial charge in [0, 0.05) is 12.0 Å². The van der Waals surface area contributed by atoms with Crippen molar-refractivity contribution in [1.29, 1.82) is 0 Å². The van der Waals surface area contributed by atoms with Crippen LogP contribution in [0.1, 0.15) is 22.3 Å². The summed E-state index contributed by atoms with van der Waals surface area (Å²) in [5, 5.41) is -0.255. The van der Waals surface area contributed by atoms with Crippen molar-refractivity contribution in [3.05, 3.63) is 35.4 Å². The van der Waals surface area contributed by atoms with Crippen LogP contribution < -0.4 is 0 Å². The Bertz CT molecular complexity index is 357. The molecule has 1 rings (SSSR count). The summed E-state index contributed by atoms with van der Waals surface area (Å²) in [5.74, 6) is -0.232. The van der Waals surface area contributed by atoms with Gasteiger partial charge in [0.15, 0.2) is 0 Å². The van der Waals surface area contributed by atoms with Gasteiger partial charge in [0.1, 0.15) is 0 Å². The van der Waals surface area contributed by atoms with Crippen molar-refractivity contribution in [3.63, 3.8) is 0 Å². The lowest BCUT2D eigenvalue weighted by atomic mass is 10.1. The Kier molecular flexibility index (Phi) is 4.37. The Morgan fingerprint density at radius 1 is 1.27 bits per heavy atom. The van der Waals surface area contributed by atoms with Crippen LogP contribution in [0.2, 0.25) is 0 Å². The van der Waals surface area contributed by atoms with E-state index >= 15 is 0 Å². The number of hydrogen-bond acceptors (Lipinski definition) is 3. The summed E-state index contributed by atoms with van der Waals surface area (Å²) >= 11 is 3.71. The van der Waals surface area contributed by atoms with Gasteiger partial charge in [0.05, 0.1) is 7.11 Å². The maximum atomic E-state index is 10.9. The molecule has 0 atom stereocenters. The van der Waals surface area contributed by atoms with Gasteiger partial charge < -0.3 is 4.74 Å². The number of carbonyl (C=O) groups excluding carboxylic acids is 2. The van der Waals surface area contributed by atoms with Crippen LogP contribution in [0.4, 0.5) is 0 Å². The number of benzene rings is 1. The van der Waals surface area contributed by atoms with Gasteiger partial charge >= 0.3 is 5.97 Å². The van der Waals surface area contributed by atoms with E-state index in [0.29, 0.717) is 18.4 Å². The standard InChI is InChI=1S/C11H12O3S/c1-14-10(12)7-4-8-2-5-9(6-3-8)11(13)15/h2-3,5-6H,4,7H2,1H3,(H,13,15). The molecule has 4 heteroatoms. The van der Waals surface area contributed by atoms with Crippen LogP contribution in [0.3, 0.4) is 0 Å². The van der Waals surface area contributed by atoms with Gasteiger partial charge in [-0.3, -0.25) is 9.59 Å². The van der Waals surface area contributed by atoms with Crippen molar-refractivity contribution in [2.45, 2.75) is 12.8 Å². The molecule has 0 aliphatic rings. The van der Waals surface area contributed by atoms with Crippen LogP contribution in [-0.4, -0.2) is 18.2 Å². The normalized spacial score (nSPS) is 9.73. The van der Waals surface area contributed by atoms with Gasteiger partial charge in [-0.2, -0.15) is 0 Å². The minimum Gasteiger partial charge on any atom is -0.469 e. The van der Waals surface area contributed by atoms with Crippen molar-refractivity contribution in [2.75, 3.05) is 7.11 Å². The smallest absolute Gasteiger partial charge is 0.305 e. The van der Waals surface area contributed by atoms with Crippen molar-refractivity contribution in [1.82, 2.24) is 0 Å². The number of thiol groups is 1. The average Bonchev–Trinajstić information content (AvgIpc) is 2.26. The minimum atomic E-state index is -0.255. The lowest BCUT2D eigenvalue weighted by Crippen LogP contribution is -2.02. The summed E-state index contributed by atoms with van der Waals surface area (Å²) in [7, 11) is 1.37. The van der Waals surface area contributed by atoms with Gasteiger partial charge in [-0.25, -0.2) is 0 Å². The van der Waals surface area contributed by atoms with E-state index in [1.54, 1.807) is 12.1 Å². The zero-order chi connectivity index (χ0) is 11.3. The second-order valence-electron chi connectivity index (χ2n) is 3.08. The fraction of sp³-hybridized carbons (Fsp3) is 0.273. The van der Waals surface area contributed by atoms with Crippen LogP contribution in [-0.2, 0) is 16.0 Å². The van der Waals surface area contributed by atoms with Crippen molar-refractivity contribution in [3.8, 4) is 0 Å². The molecule has 0 unspecified atom stereocenters. The Morgan fingerprint density at radius 2 is 1.87 bits per heavy atom. The molecular weight excluding hydrogens is 212 g/mol. The first-order valence-electron chi connectivity index (χ1n) is 4.52. The lowest BCUT2D eigenvalue weighted by Gasteiger charge is -2.01. The SMILES string of the molecule is COC(=O)CCc1ccc(C(=O)S)cc1. The first-order valence-corrected chi connectivity index (χ1v) is 4.97. The molecule has 0 radical (unpaired) electrons. The number of carbonyl (C=O) groups is 2. The fourth-order valence-corrected chi connectivity index (χ4v) is 1.31. The van der Waals surface area contributed by atoms with E-state index in [1.807, 2.05) is 12.1 Å². The monoisotopic (exact) mass is 224 g/mol. The van der Waals surface area contributed by atoms with Gasteiger partial charge in [-0.15, -0.1) is 12.6 Å². The highest BCUT2D eigenvalue weighted by molar-refractivity contribution is 7.97. The van der Waals surface area contributed by atoms with Crippen LogP contribution in [0.5, 0.6) is 0 Å². The third-order valence-corrected chi connectivity index (χ3v) is 2.30. The molecule has 0 saturated carbocycles. The molecule has 0 bridgehead atoms. The van der Waals surface area contributed by atoms with Crippen LogP contribution in [0.15, 0.2) is 24.3 Å². The zero-order valence-electron chi connectivity index (χ0n) is 8.40. The molecule has 0 heterocycles. The summed E-state index contributed by atoms with van der Waals surface area (Å²) in [6.45, 7) is 0. The molecule has 0 saturated heterocycles. The van der Waals surface area contributed by atoms with Crippen molar-refractivity contribution in [2.24, 2.45) is 0 Å². The molecular formula is C11H12O3S. The molecule has 0 aliphatic carbocycles. The Labute approximate surface area is 93.8 Å². The molecule has 1 aromatic carbocycles. The maximum absolute atomic E-state index is 10.9. The van der Waals surface area contributed by atoms with Crippen LogP contribution in [0.25, 0.3) is 0 Å². The number of rotatable bonds is 4. The van der Waals surface area contributed by atoms with E-state index in [0.717, 1.165) is 5.56 Å². The maximum Gasteiger partial charge on any atom is 0.305 e. The average molecular weight is 224 g/mol. The van der Waals surface area contributed by atoms with Crippen molar-refractivity contribution < 1.29 is 14.3 Å². The number of hydrogen-bond donors (Lipinski definition) is 1. The molecule has 0 spiro atoms. The Morgan fingerprint density at radius 3 is 2.33 bits per heavy atom. The van der Waals surface area contributed by atoms with E-state index in [4.69, 9.17) is 0 Å². The summed E-state index contributed by atoms with van der Waals surface area (Å²) in [4.78, 5) is 21.7. The van der Waals surface area contributed by atoms with Gasteiger partial charge in [-0.1, -0.05) is 24.3 Å². The van der Waals surface area contributed by atoms with Crippen LogP contribution in [0, 0.1) is 0 Å². The topological polar surface area (TPSA) is 43.4 Å². The minimum absolute atomic E-state index is 0.232. The predicted molar refractivity (Wildman–Crippen MR) is 60.1 cm³/mol. The molecule has 0 amide bonds. The summed E-state index contributed by atoms with van der Waals surface area (Å²) in [6.07, 6.45) is 0.971.